The Hall–Kier alpha value is -3.14. The van der Waals surface area contributed by atoms with Crippen LogP contribution in [-0.4, -0.2) is 154 Å². The van der Waals surface area contributed by atoms with Gasteiger partial charge in [0, 0.05) is 19.7 Å². The van der Waals surface area contributed by atoms with Crippen molar-refractivity contribution < 1.29 is 81.1 Å². The largest absolute Gasteiger partial charge is 0.497 e. The zero-order valence-corrected chi connectivity index (χ0v) is 42.8. The molecular formula is C51H79NO17S. The van der Waals surface area contributed by atoms with Crippen LogP contribution in [0.5, 0.6) is 5.75 Å². The van der Waals surface area contributed by atoms with E-state index in [2.05, 4.69) is 26.1 Å². The lowest BCUT2D eigenvalue weighted by Gasteiger charge is -2.61. The van der Waals surface area contributed by atoms with E-state index in [0.717, 1.165) is 76.9 Å². The summed E-state index contributed by atoms with van der Waals surface area (Å²) >= 11 is 0. The fourth-order valence-electron chi connectivity index (χ4n) is 13.7. The van der Waals surface area contributed by atoms with Gasteiger partial charge in [-0.05, 0) is 134 Å². The average molecular weight is 1010 g/mol. The van der Waals surface area contributed by atoms with Crippen LogP contribution in [-0.2, 0) is 47.8 Å². The summed E-state index contributed by atoms with van der Waals surface area (Å²) in [5.41, 5.74) is 0.167. The number of esters is 2. The van der Waals surface area contributed by atoms with Crippen molar-refractivity contribution in [3.05, 3.63) is 29.8 Å². The number of carbonyl (C=O) groups is 3. The third-order valence-corrected chi connectivity index (χ3v) is 18.2. The Balaban J connectivity index is 1.09. The van der Waals surface area contributed by atoms with Gasteiger partial charge in [0.2, 0.25) is 0 Å². The Kier molecular flexibility index (Phi) is 17.9. The van der Waals surface area contributed by atoms with Crippen LogP contribution in [0.15, 0.2) is 24.3 Å². The van der Waals surface area contributed by atoms with E-state index in [1.165, 1.54) is 26.2 Å². The number of methoxy groups -OCH3 is 1. The number of ether oxygens (including phenoxy) is 8. The van der Waals surface area contributed by atoms with E-state index in [4.69, 9.17) is 37.9 Å². The minimum Gasteiger partial charge on any atom is -0.497 e. The smallest absolute Gasteiger partial charge is 0.407 e. The molecule has 7 rings (SSSR count). The number of nitrogens with one attached hydrogen (secondary N) is 1. The maximum absolute atomic E-state index is 13.4. The van der Waals surface area contributed by atoms with Crippen LogP contribution in [0.1, 0.15) is 116 Å². The molecule has 0 radical (unpaired) electrons. The van der Waals surface area contributed by atoms with E-state index in [1.54, 1.807) is 12.1 Å². The molecule has 2 heterocycles. The first-order chi connectivity index (χ1) is 33.1. The molecule has 4 aliphatic carbocycles. The molecule has 1 aromatic rings. The molecule has 0 bridgehead atoms. The van der Waals surface area contributed by atoms with Crippen LogP contribution in [0.4, 0.5) is 4.79 Å². The van der Waals surface area contributed by atoms with Crippen LogP contribution < -0.4 is 10.1 Å². The van der Waals surface area contributed by atoms with Crippen molar-refractivity contribution in [3.63, 3.8) is 0 Å². The minimum absolute atomic E-state index is 0.0198. The lowest BCUT2D eigenvalue weighted by Crippen LogP contribution is -2.62. The van der Waals surface area contributed by atoms with E-state index in [9.17, 15) is 43.2 Å². The standard InChI is InChI=1S/C51H79NO17S/c1-28(25-65-49(59)52-21-22-70(7,60)61)9-8-10-29(2)41-40(24-37-35-16-13-32-23-33(54)17-19-50(32,4)36(35)18-20-51(37,41)5)67-48-45(66-30(3)53)43(39(56)27-64-48)69-47-44(42(57)38(55)26-63-47)68-46(58)31-11-14-34(62-6)15-12-31/h11-12,14-15,28-29,32-33,35-45,47-48,54-57H,8-10,13,16-27H2,1-7H3,(H,52,59)/t28-,29-,32+,33+,35-,36+,37+,38-,39+,40+,41+,42+,43+,44-,45-,47+,48+,50+,51+/m1/s1. The monoisotopic (exact) mass is 1010 g/mol. The van der Waals surface area contributed by atoms with Crippen LogP contribution >= 0.6 is 0 Å². The number of rotatable bonds is 18. The second kappa shape index (κ2) is 23.0. The number of amides is 1. The molecule has 18 nitrogen and oxygen atoms in total. The summed E-state index contributed by atoms with van der Waals surface area (Å²) in [7, 11) is -1.73. The van der Waals surface area contributed by atoms with Crippen molar-refractivity contribution in [2.75, 3.05) is 45.5 Å². The Morgan fingerprint density at radius 2 is 1.51 bits per heavy atom. The SMILES string of the molecule is COc1ccc(C(=O)O[C@H]2[C@H](O[C@@H]3[C@@H](OC(C)=O)[C@H](O[C@H]4C[C@H]5[C@@H]6CC[C@H]7C[C@@H](O)CC[C@]7(C)[C@H]6CC[C@]5(C)[C@H]4[C@H](C)CCC[C@@H](C)COC(=O)NCCS(C)(=O)=O)OC[C@@H]3O)OC[C@@H](O)[C@@H]2O)cc1. The molecule has 2 saturated heterocycles. The van der Waals surface area contributed by atoms with Crippen molar-refractivity contribution in [1.29, 1.82) is 0 Å². The van der Waals surface area contributed by atoms with Crippen LogP contribution in [0, 0.1) is 52.3 Å². The summed E-state index contributed by atoms with van der Waals surface area (Å²) in [6, 6.07) is 6.12. The van der Waals surface area contributed by atoms with E-state index >= 15 is 0 Å². The molecule has 6 fully saturated rings. The average Bonchev–Trinajstić information content (AvgIpc) is 3.61. The van der Waals surface area contributed by atoms with E-state index in [-0.39, 0.29) is 78.5 Å². The maximum Gasteiger partial charge on any atom is 0.407 e. The number of fused-ring (bicyclic) bond motifs is 5. The highest BCUT2D eigenvalue weighted by Gasteiger charge is 2.64. The third-order valence-electron chi connectivity index (χ3n) is 17.2. The fourth-order valence-corrected chi connectivity index (χ4v) is 14.2. The quantitative estimate of drug-likeness (QED) is 0.0998. The van der Waals surface area contributed by atoms with Crippen molar-refractivity contribution in [1.82, 2.24) is 5.32 Å². The molecule has 0 spiro atoms. The van der Waals surface area contributed by atoms with Crippen LogP contribution in [0.2, 0.25) is 0 Å². The highest BCUT2D eigenvalue weighted by atomic mass is 32.2. The summed E-state index contributed by atoms with van der Waals surface area (Å²) < 4.78 is 70.8. The summed E-state index contributed by atoms with van der Waals surface area (Å²) in [6.07, 6.45) is -1.28. The predicted molar refractivity (Wildman–Crippen MR) is 253 cm³/mol. The zero-order chi connectivity index (χ0) is 50.7. The van der Waals surface area contributed by atoms with Crippen LogP contribution in [0.25, 0.3) is 0 Å². The van der Waals surface area contributed by atoms with Crippen LogP contribution in [0.3, 0.4) is 0 Å². The first-order valence-corrected chi connectivity index (χ1v) is 27.5. The summed E-state index contributed by atoms with van der Waals surface area (Å²) in [4.78, 5) is 38.6. The molecule has 2 aliphatic heterocycles. The Morgan fingerprint density at radius 1 is 0.829 bits per heavy atom. The Morgan fingerprint density at radius 3 is 2.20 bits per heavy atom. The molecule has 1 amide bonds. The van der Waals surface area contributed by atoms with E-state index < -0.39 is 77.1 Å². The third kappa shape index (κ3) is 12.4. The summed E-state index contributed by atoms with van der Waals surface area (Å²) in [5.74, 6) is 0.876. The number of benzene rings is 1. The Bertz CT molecular complexity index is 2040. The lowest BCUT2D eigenvalue weighted by atomic mass is 9.44. The van der Waals surface area contributed by atoms with E-state index in [0.29, 0.717) is 29.4 Å². The molecule has 6 aliphatic rings. The summed E-state index contributed by atoms with van der Waals surface area (Å²) in [5, 5.41) is 46.5. The molecular weight excluding hydrogens is 931 g/mol. The first-order valence-electron chi connectivity index (χ1n) is 25.5. The number of aliphatic hydroxyl groups excluding tert-OH is 4. The number of carbonyl (C=O) groups excluding carboxylic acids is 3. The molecule has 70 heavy (non-hydrogen) atoms. The molecule has 4 saturated carbocycles. The topological polar surface area (TPSA) is 252 Å². The van der Waals surface area contributed by atoms with Gasteiger partial charge >= 0.3 is 18.0 Å². The molecule has 0 unspecified atom stereocenters. The number of hydrogen-bond donors (Lipinski definition) is 5. The number of sulfone groups is 1. The highest BCUT2D eigenvalue weighted by Crippen LogP contribution is 2.69. The second-order valence-corrected chi connectivity index (χ2v) is 24.3. The first kappa shape index (κ1) is 54.6. The van der Waals surface area contributed by atoms with Gasteiger partial charge in [0.05, 0.1) is 50.5 Å². The van der Waals surface area contributed by atoms with Gasteiger partial charge < -0.3 is 63.6 Å². The Labute approximate surface area is 413 Å². The van der Waals surface area contributed by atoms with Gasteiger partial charge in [-0.3, -0.25) is 4.79 Å². The minimum atomic E-state index is -3.22. The van der Waals surface area contributed by atoms with Gasteiger partial charge in [0.15, 0.2) is 24.8 Å². The maximum atomic E-state index is 13.4. The number of aliphatic hydroxyl groups is 4. The molecule has 0 aromatic heterocycles. The molecule has 19 heteroatoms. The van der Waals surface area contributed by atoms with Crippen molar-refractivity contribution in [2.45, 2.75) is 167 Å². The molecule has 396 valence electrons. The van der Waals surface area contributed by atoms with Crippen molar-refractivity contribution in [3.8, 4) is 5.75 Å². The normalized spacial score (nSPS) is 39.3. The summed E-state index contributed by atoms with van der Waals surface area (Å²) in [6.45, 7) is 9.94. The number of alkyl carbamates (subject to hydrolysis) is 1. The fraction of sp³-hybridized carbons (Fsp3) is 0.824. The molecule has 5 N–H and O–H groups in total. The van der Waals surface area contributed by atoms with Gasteiger partial charge in [-0.2, -0.15) is 0 Å². The predicted octanol–water partition coefficient (Wildman–Crippen LogP) is 4.56. The van der Waals surface area contributed by atoms with E-state index in [1.807, 2.05) is 6.92 Å². The highest BCUT2D eigenvalue weighted by molar-refractivity contribution is 7.90. The lowest BCUT2D eigenvalue weighted by molar-refractivity contribution is -0.340. The van der Waals surface area contributed by atoms with Gasteiger partial charge in [-0.25, -0.2) is 18.0 Å². The zero-order valence-electron chi connectivity index (χ0n) is 41.9. The van der Waals surface area contributed by atoms with Gasteiger partial charge in [-0.15, -0.1) is 0 Å². The second-order valence-electron chi connectivity index (χ2n) is 22.0. The molecule has 1 aromatic carbocycles. The van der Waals surface area contributed by atoms with Crippen molar-refractivity contribution in [2.24, 2.45) is 52.3 Å². The van der Waals surface area contributed by atoms with Gasteiger partial charge in [-0.1, -0.05) is 40.5 Å². The van der Waals surface area contributed by atoms with Gasteiger partial charge in [0.25, 0.3) is 0 Å². The molecule has 19 atom stereocenters. The number of hydrogen-bond acceptors (Lipinski definition) is 17. The van der Waals surface area contributed by atoms with Gasteiger partial charge in [0.1, 0.15) is 40.0 Å². The van der Waals surface area contributed by atoms with Crippen molar-refractivity contribution >= 4 is 27.9 Å².